The summed E-state index contributed by atoms with van der Waals surface area (Å²) in [5.41, 5.74) is 1.99. The van der Waals surface area contributed by atoms with Crippen LogP contribution in [0, 0.1) is 0 Å². The molecule has 160 valence electrons. The minimum absolute atomic E-state index is 0.229. The molecule has 1 fully saturated rings. The van der Waals surface area contributed by atoms with Gasteiger partial charge in [0.2, 0.25) is 5.95 Å². The molecule has 3 aromatic rings. The number of anilines is 1. The van der Waals surface area contributed by atoms with Gasteiger partial charge in [0, 0.05) is 26.2 Å². The van der Waals surface area contributed by atoms with Gasteiger partial charge in [-0.05, 0) is 44.0 Å². The third-order valence-electron chi connectivity index (χ3n) is 5.33. The Labute approximate surface area is 175 Å². The summed E-state index contributed by atoms with van der Waals surface area (Å²) < 4.78 is 18.3. The van der Waals surface area contributed by atoms with Crippen LogP contribution in [0.5, 0.6) is 0 Å². The standard InChI is InChI=1S/C22H28N4O4/c1-3-29-22(27)25-12-10-16(11-13-25)23-21-24-19-6-4-5-7-20(19)26(21)14-17-8-9-18(30-17)15-28-2/h4-9,16H,3,10-15H2,1-2H3,(H,23,24). The van der Waals surface area contributed by atoms with Gasteiger partial charge in [0.25, 0.3) is 0 Å². The Morgan fingerprint density at radius 2 is 1.97 bits per heavy atom. The van der Waals surface area contributed by atoms with Gasteiger partial charge < -0.3 is 28.7 Å². The molecule has 1 aromatic carbocycles. The van der Waals surface area contributed by atoms with Gasteiger partial charge in [0.15, 0.2) is 0 Å². The zero-order chi connectivity index (χ0) is 20.9. The highest BCUT2D eigenvalue weighted by Gasteiger charge is 2.25. The highest BCUT2D eigenvalue weighted by molar-refractivity contribution is 5.78. The fourth-order valence-corrected chi connectivity index (χ4v) is 3.83. The van der Waals surface area contributed by atoms with Gasteiger partial charge in [-0.15, -0.1) is 0 Å². The topological polar surface area (TPSA) is 81.8 Å². The van der Waals surface area contributed by atoms with E-state index in [1.54, 1.807) is 12.0 Å². The van der Waals surface area contributed by atoms with Crippen molar-refractivity contribution in [2.45, 2.75) is 39.0 Å². The van der Waals surface area contributed by atoms with Gasteiger partial charge in [0.05, 0.1) is 24.2 Å². The number of ether oxygens (including phenoxy) is 2. The number of nitrogens with zero attached hydrogens (tertiary/aromatic N) is 3. The number of carbonyl (C=O) groups excluding carboxylic acids is 1. The van der Waals surface area contributed by atoms with Crippen LogP contribution in [0.2, 0.25) is 0 Å². The summed E-state index contributed by atoms with van der Waals surface area (Å²) >= 11 is 0. The summed E-state index contributed by atoms with van der Waals surface area (Å²) in [5, 5.41) is 3.59. The highest BCUT2D eigenvalue weighted by atomic mass is 16.6. The molecule has 1 aliphatic rings. The van der Waals surface area contributed by atoms with Crippen molar-refractivity contribution in [2.75, 3.05) is 32.1 Å². The number of hydrogen-bond acceptors (Lipinski definition) is 6. The molecular formula is C22H28N4O4. The molecule has 1 saturated heterocycles. The summed E-state index contributed by atoms with van der Waals surface area (Å²) in [5.74, 6) is 2.47. The molecule has 0 saturated carbocycles. The van der Waals surface area contributed by atoms with Crippen LogP contribution in [0.4, 0.5) is 10.7 Å². The first-order chi connectivity index (χ1) is 14.7. The molecule has 30 heavy (non-hydrogen) atoms. The van der Waals surface area contributed by atoms with E-state index >= 15 is 0 Å². The maximum absolute atomic E-state index is 11.9. The third-order valence-corrected chi connectivity index (χ3v) is 5.33. The van der Waals surface area contributed by atoms with E-state index < -0.39 is 0 Å². The Hall–Kier alpha value is -3.00. The molecule has 1 aliphatic heterocycles. The predicted molar refractivity (Wildman–Crippen MR) is 113 cm³/mol. The minimum atomic E-state index is -0.229. The second-order valence-electron chi connectivity index (χ2n) is 7.42. The summed E-state index contributed by atoms with van der Waals surface area (Å²) in [4.78, 5) is 18.5. The van der Waals surface area contributed by atoms with Crippen molar-refractivity contribution in [1.82, 2.24) is 14.5 Å². The molecule has 4 rings (SSSR count). The zero-order valence-corrected chi connectivity index (χ0v) is 17.5. The van der Waals surface area contributed by atoms with Crippen molar-refractivity contribution in [3.05, 3.63) is 47.9 Å². The van der Waals surface area contributed by atoms with E-state index in [1.165, 1.54) is 0 Å². The molecule has 1 amide bonds. The van der Waals surface area contributed by atoms with Gasteiger partial charge in [-0.2, -0.15) is 0 Å². The Morgan fingerprint density at radius 1 is 1.20 bits per heavy atom. The van der Waals surface area contributed by atoms with E-state index in [9.17, 15) is 4.79 Å². The highest BCUT2D eigenvalue weighted by Crippen LogP contribution is 2.24. The molecule has 8 nitrogen and oxygen atoms in total. The number of imidazole rings is 1. The van der Waals surface area contributed by atoms with Crippen molar-refractivity contribution in [3.8, 4) is 0 Å². The average Bonchev–Trinajstić information content (AvgIpc) is 3.34. The predicted octanol–water partition coefficient (Wildman–Crippen LogP) is 3.86. The fraction of sp³-hybridized carbons (Fsp3) is 0.455. The summed E-state index contributed by atoms with van der Waals surface area (Å²) in [7, 11) is 1.65. The third kappa shape index (κ3) is 4.43. The second kappa shape index (κ2) is 9.21. The van der Waals surface area contributed by atoms with Crippen LogP contribution in [0.15, 0.2) is 40.8 Å². The van der Waals surface area contributed by atoms with Crippen molar-refractivity contribution in [2.24, 2.45) is 0 Å². The first kappa shape index (κ1) is 20.3. The van der Waals surface area contributed by atoms with Crippen LogP contribution in [-0.2, 0) is 22.6 Å². The number of amides is 1. The number of rotatable bonds is 7. The van der Waals surface area contributed by atoms with E-state index in [2.05, 4.69) is 16.0 Å². The van der Waals surface area contributed by atoms with Gasteiger partial charge in [-0.3, -0.25) is 0 Å². The van der Waals surface area contributed by atoms with Gasteiger partial charge in [0.1, 0.15) is 18.1 Å². The molecule has 0 bridgehead atoms. The fourth-order valence-electron chi connectivity index (χ4n) is 3.83. The molecular weight excluding hydrogens is 384 g/mol. The Balaban J connectivity index is 1.50. The molecule has 0 radical (unpaired) electrons. The van der Waals surface area contributed by atoms with Crippen molar-refractivity contribution >= 4 is 23.1 Å². The number of hydrogen-bond donors (Lipinski definition) is 1. The smallest absolute Gasteiger partial charge is 0.409 e. The quantitative estimate of drug-likeness (QED) is 0.635. The number of furan rings is 1. The molecule has 1 N–H and O–H groups in total. The first-order valence-electron chi connectivity index (χ1n) is 10.4. The lowest BCUT2D eigenvalue weighted by Crippen LogP contribution is -2.42. The van der Waals surface area contributed by atoms with Crippen LogP contribution in [-0.4, -0.2) is 53.4 Å². The van der Waals surface area contributed by atoms with Crippen LogP contribution in [0.25, 0.3) is 11.0 Å². The van der Waals surface area contributed by atoms with Crippen LogP contribution >= 0.6 is 0 Å². The number of benzene rings is 1. The Morgan fingerprint density at radius 3 is 2.73 bits per heavy atom. The maximum Gasteiger partial charge on any atom is 0.409 e. The van der Waals surface area contributed by atoms with E-state index in [0.717, 1.165) is 41.3 Å². The van der Waals surface area contributed by atoms with E-state index in [4.69, 9.17) is 18.9 Å². The van der Waals surface area contributed by atoms with Gasteiger partial charge in [-0.25, -0.2) is 9.78 Å². The summed E-state index contributed by atoms with van der Waals surface area (Å²) in [6.45, 7) is 4.61. The van der Waals surface area contributed by atoms with E-state index in [0.29, 0.717) is 32.8 Å². The number of aromatic nitrogens is 2. The number of methoxy groups -OCH3 is 1. The van der Waals surface area contributed by atoms with Crippen LogP contribution in [0.1, 0.15) is 31.3 Å². The average molecular weight is 412 g/mol. The lowest BCUT2D eigenvalue weighted by atomic mass is 10.1. The largest absolute Gasteiger partial charge is 0.462 e. The van der Waals surface area contributed by atoms with Crippen molar-refractivity contribution in [3.63, 3.8) is 0 Å². The lowest BCUT2D eigenvalue weighted by molar-refractivity contribution is 0.0983. The van der Waals surface area contributed by atoms with E-state index in [-0.39, 0.29) is 12.1 Å². The molecule has 0 aliphatic carbocycles. The number of fused-ring (bicyclic) bond motifs is 1. The number of nitrogens with one attached hydrogen (secondary N) is 1. The molecule has 0 unspecified atom stereocenters. The molecule has 8 heteroatoms. The van der Waals surface area contributed by atoms with Gasteiger partial charge in [-0.1, -0.05) is 12.1 Å². The summed E-state index contributed by atoms with van der Waals surface area (Å²) in [6, 6.07) is 12.2. The Bertz CT molecular complexity index is 988. The van der Waals surface area contributed by atoms with Crippen LogP contribution in [0.3, 0.4) is 0 Å². The summed E-state index contributed by atoms with van der Waals surface area (Å²) in [6.07, 6.45) is 1.47. The van der Waals surface area contributed by atoms with Gasteiger partial charge >= 0.3 is 6.09 Å². The minimum Gasteiger partial charge on any atom is -0.462 e. The Kier molecular flexibility index (Phi) is 6.23. The maximum atomic E-state index is 11.9. The number of para-hydroxylation sites is 2. The normalized spacial score (nSPS) is 14.9. The SMILES string of the molecule is CCOC(=O)N1CCC(Nc2nc3ccccc3n2Cc2ccc(COC)o2)CC1. The number of likely N-dealkylation sites (tertiary alicyclic amines) is 1. The number of piperidine rings is 1. The number of carbonyl (C=O) groups is 1. The first-order valence-corrected chi connectivity index (χ1v) is 10.4. The van der Waals surface area contributed by atoms with Crippen LogP contribution < -0.4 is 5.32 Å². The van der Waals surface area contributed by atoms with Crippen molar-refractivity contribution in [1.29, 1.82) is 0 Å². The second-order valence-corrected chi connectivity index (χ2v) is 7.42. The molecule has 2 aromatic heterocycles. The molecule has 3 heterocycles. The zero-order valence-electron chi connectivity index (χ0n) is 17.5. The monoisotopic (exact) mass is 412 g/mol. The lowest BCUT2D eigenvalue weighted by Gasteiger charge is -2.31. The van der Waals surface area contributed by atoms with E-state index in [1.807, 2.05) is 37.3 Å². The van der Waals surface area contributed by atoms with Crippen molar-refractivity contribution < 1.29 is 18.7 Å². The molecule has 0 atom stereocenters. The molecule has 0 spiro atoms.